The van der Waals surface area contributed by atoms with Crippen molar-refractivity contribution in [2.24, 2.45) is 0 Å². The SMILES string of the molecule is COc1ccc(-n2nnc(C=O)c2C2CCC2)cc1Cl. The minimum atomic E-state index is 0.353. The third-order valence-corrected chi connectivity index (χ3v) is 4.01. The highest BCUT2D eigenvalue weighted by Crippen LogP contribution is 2.38. The number of carbonyl (C=O) groups excluding carboxylic acids is 1. The van der Waals surface area contributed by atoms with Gasteiger partial charge in [0, 0.05) is 5.92 Å². The van der Waals surface area contributed by atoms with Crippen molar-refractivity contribution in [2.45, 2.75) is 25.2 Å². The largest absolute Gasteiger partial charge is 0.495 e. The van der Waals surface area contributed by atoms with Gasteiger partial charge in [-0.3, -0.25) is 4.79 Å². The molecule has 0 radical (unpaired) electrons. The van der Waals surface area contributed by atoms with E-state index in [0.29, 0.717) is 22.4 Å². The molecule has 2 aromatic rings. The summed E-state index contributed by atoms with van der Waals surface area (Å²) in [6.45, 7) is 0. The number of hydrogen-bond donors (Lipinski definition) is 0. The van der Waals surface area contributed by atoms with E-state index >= 15 is 0 Å². The Morgan fingerprint density at radius 1 is 1.45 bits per heavy atom. The molecule has 1 aromatic carbocycles. The molecule has 0 bridgehead atoms. The van der Waals surface area contributed by atoms with E-state index in [1.165, 1.54) is 6.42 Å². The summed E-state index contributed by atoms with van der Waals surface area (Å²) in [5.74, 6) is 0.961. The predicted octanol–water partition coefficient (Wildman–Crippen LogP) is 3.01. The molecule has 0 saturated heterocycles. The fraction of sp³-hybridized carbons (Fsp3) is 0.357. The van der Waals surface area contributed by atoms with Crippen LogP contribution in [0.2, 0.25) is 5.02 Å². The van der Waals surface area contributed by atoms with E-state index in [2.05, 4.69) is 10.3 Å². The summed E-state index contributed by atoms with van der Waals surface area (Å²) in [7, 11) is 1.57. The van der Waals surface area contributed by atoms with Crippen LogP contribution in [0.3, 0.4) is 0 Å². The molecule has 3 rings (SSSR count). The molecule has 6 heteroatoms. The third kappa shape index (κ3) is 2.08. The van der Waals surface area contributed by atoms with Crippen LogP contribution >= 0.6 is 11.6 Å². The molecule has 0 spiro atoms. The van der Waals surface area contributed by atoms with Gasteiger partial charge in [-0.2, -0.15) is 0 Å². The van der Waals surface area contributed by atoms with Crippen molar-refractivity contribution in [1.82, 2.24) is 15.0 Å². The van der Waals surface area contributed by atoms with Gasteiger partial charge < -0.3 is 4.74 Å². The molecule has 1 aliphatic rings. The average Bonchev–Trinajstić information content (AvgIpc) is 2.80. The van der Waals surface area contributed by atoms with Crippen molar-refractivity contribution in [1.29, 1.82) is 0 Å². The van der Waals surface area contributed by atoms with E-state index in [-0.39, 0.29) is 0 Å². The van der Waals surface area contributed by atoms with E-state index in [9.17, 15) is 4.79 Å². The van der Waals surface area contributed by atoms with Gasteiger partial charge >= 0.3 is 0 Å². The highest BCUT2D eigenvalue weighted by molar-refractivity contribution is 6.32. The summed E-state index contributed by atoms with van der Waals surface area (Å²) in [5.41, 5.74) is 2.09. The number of ether oxygens (including phenoxy) is 1. The summed E-state index contributed by atoms with van der Waals surface area (Å²) < 4.78 is 6.85. The summed E-state index contributed by atoms with van der Waals surface area (Å²) in [5, 5.41) is 8.56. The molecule has 0 N–H and O–H groups in total. The zero-order valence-electron chi connectivity index (χ0n) is 11.0. The molecule has 104 valence electrons. The number of carbonyl (C=O) groups is 1. The van der Waals surface area contributed by atoms with Crippen molar-refractivity contribution in [3.8, 4) is 11.4 Å². The molecule has 1 aromatic heterocycles. The van der Waals surface area contributed by atoms with Crippen LogP contribution in [0.5, 0.6) is 5.75 Å². The standard InChI is InChI=1S/C14H14ClN3O2/c1-20-13-6-5-10(7-11(13)15)18-14(9-3-2-4-9)12(8-19)16-17-18/h5-9H,2-4H2,1H3. The average molecular weight is 292 g/mol. The first-order valence-electron chi connectivity index (χ1n) is 6.49. The van der Waals surface area contributed by atoms with Gasteiger partial charge in [-0.25, -0.2) is 4.68 Å². The zero-order valence-corrected chi connectivity index (χ0v) is 11.8. The van der Waals surface area contributed by atoms with Crippen molar-refractivity contribution in [2.75, 3.05) is 7.11 Å². The lowest BCUT2D eigenvalue weighted by atomic mass is 9.82. The quantitative estimate of drug-likeness (QED) is 0.813. The number of benzene rings is 1. The molecule has 1 heterocycles. The number of nitrogens with zero attached hydrogens (tertiary/aromatic N) is 3. The summed E-state index contributed by atoms with van der Waals surface area (Å²) >= 11 is 6.14. The Hall–Kier alpha value is -1.88. The van der Waals surface area contributed by atoms with Crippen molar-refractivity contribution in [3.05, 3.63) is 34.6 Å². The Bertz CT molecular complexity index is 650. The number of aldehydes is 1. The first-order chi connectivity index (χ1) is 9.74. The Balaban J connectivity index is 2.07. The van der Waals surface area contributed by atoms with E-state index in [1.807, 2.05) is 6.07 Å². The first-order valence-corrected chi connectivity index (χ1v) is 6.87. The molecule has 5 nitrogen and oxygen atoms in total. The highest BCUT2D eigenvalue weighted by Gasteiger charge is 2.28. The molecule has 0 amide bonds. The molecule has 1 saturated carbocycles. The normalized spacial score (nSPS) is 14.9. The van der Waals surface area contributed by atoms with Gasteiger partial charge in [0.25, 0.3) is 0 Å². The van der Waals surface area contributed by atoms with E-state index < -0.39 is 0 Å². The fourth-order valence-corrected chi connectivity index (χ4v) is 2.68. The van der Waals surface area contributed by atoms with Crippen molar-refractivity contribution < 1.29 is 9.53 Å². The van der Waals surface area contributed by atoms with Gasteiger partial charge in [0.05, 0.1) is 23.5 Å². The Kier molecular flexibility index (Phi) is 3.44. The lowest BCUT2D eigenvalue weighted by molar-refractivity contribution is 0.111. The van der Waals surface area contributed by atoms with Gasteiger partial charge in [0.2, 0.25) is 0 Å². The summed E-state index contributed by atoms with van der Waals surface area (Å²) in [4.78, 5) is 11.1. The number of rotatable bonds is 4. The van der Waals surface area contributed by atoms with Crippen LogP contribution in [0, 0.1) is 0 Å². The van der Waals surface area contributed by atoms with Gasteiger partial charge in [-0.1, -0.05) is 23.2 Å². The second-order valence-corrected chi connectivity index (χ2v) is 5.24. The zero-order chi connectivity index (χ0) is 14.1. The van der Waals surface area contributed by atoms with Crippen molar-refractivity contribution >= 4 is 17.9 Å². The number of halogens is 1. The number of methoxy groups -OCH3 is 1. The van der Waals surface area contributed by atoms with Gasteiger partial charge in [0.15, 0.2) is 6.29 Å². The maximum atomic E-state index is 11.1. The Labute approximate surface area is 121 Å². The minimum Gasteiger partial charge on any atom is -0.495 e. The van der Waals surface area contributed by atoms with Crippen molar-refractivity contribution in [3.63, 3.8) is 0 Å². The molecule has 1 fully saturated rings. The van der Waals surface area contributed by atoms with Crippen LogP contribution in [0.1, 0.15) is 41.4 Å². The second kappa shape index (κ2) is 5.25. The molecule has 20 heavy (non-hydrogen) atoms. The molecule has 1 aliphatic carbocycles. The number of aromatic nitrogens is 3. The maximum Gasteiger partial charge on any atom is 0.172 e. The molecular formula is C14H14ClN3O2. The van der Waals surface area contributed by atoms with Crippen LogP contribution in [-0.4, -0.2) is 28.4 Å². The lowest BCUT2D eigenvalue weighted by Gasteiger charge is -2.26. The van der Waals surface area contributed by atoms with E-state index in [1.54, 1.807) is 23.9 Å². The van der Waals surface area contributed by atoms with E-state index in [4.69, 9.17) is 16.3 Å². The van der Waals surface area contributed by atoms with Crippen LogP contribution in [0.15, 0.2) is 18.2 Å². The first kappa shape index (κ1) is 13.1. The molecule has 0 aliphatic heterocycles. The monoisotopic (exact) mass is 291 g/mol. The Morgan fingerprint density at radius 3 is 2.80 bits per heavy atom. The van der Waals surface area contributed by atoms with Gasteiger partial charge in [-0.15, -0.1) is 5.10 Å². The Morgan fingerprint density at radius 2 is 2.25 bits per heavy atom. The van der Waals surface area contributed by atoms with Crippen LogP contribution < -0.4 is 4.74 Å². The third-order valence-electron chi connectivity index (χ3n) is 3.72. The lowest BCUT2D eigenvalue weighted by Crippen LogP contribution is -2.15. The highest BCUT2D eigenvalue weighted by atomic mass is 35.5. The van der Waals surface area contributed by atoms with Gasteiger partial charge in [-0.05, 0) is 31.0 Å². The van der Waals surface area contributed by atoms with Crippen LogP contribution in [-0.2, 0) is 0 Å². The second-order valence-electron chi connectivity index (χ2n) is 4.84. The maximum absolute atomic E-state index is 11.1. The summed E-state index contributed by atoms with van der Waals surface area (Å²) in [6.07, 6.45) is 4.08. The van der Waals surface area contributed by atoms with E-state index in [0.717, 1.165) is 30.5 Å². The molecule has 0 atom stereocenters. The fourth-order valence-electron chi connectivity index (χ4n) is 2.43. The molecule has 0 unspecified atom stereocenters. The minimum absolute atomic E-state index is 0.353. The van der Waals surface area contributed by atoms with Crippen LogP contribution in [0.4, 0.5) is 0 Å². The summed E-state index contributed by atoms with van der Waals surface area (Å²) in [6, 6.07) is 5.41. The topological polar surface area (TPSA) is 57.0 Å². The van der Waals surface area contributed by atoms with Crippen LogP contribution in [0.25, 0.3) is 5.69 Å². The molecular weight excluding hydrogens is 278 g/mol. The smallest absolute Gasteiger partial charge is 0.172 e. The number of hydrogen-bond acceptors (Lipinski definition) is 4. The predicted molar refractivity (Wildman–Crippen MR) is 74.9 cm³/mol. The van der Waals surface area contributed by atoms with Gasteiger partial charge in [0.1, 0.15) is 11.4 Å².